The molecule has 1 aliphatic rings. The molecule has 1 saturated carbocycles. The molecule has 2 aromatic rings. The third-order valence-corrected chi connectivity index (χ3v) is 3.61. The molecule has 0 spiro atoms. The quantitative estimate of drug-likeness (QED) is 0.900. The van der Waals surface area contributed by atoms with E-state index in [4.69, 9.17) is 4.74 Å². The Bertz CT molecular complexity index is 543. The molecule has 0 atom stereocenters. The van der Waals surface area contributed by atoms with Gasteiger partial charge in [-0.15, -0.1) is 0 Å². The maximum atomic E-state index is 5.58. The zero-order chi connectivity index (χ0) is 12.5. The Labute approximate surface area is 107 Å². The number of hydrogen-bond donors (Lipinski definition) is 1. The first-order valence-electron chi connectivity index (χ1n) is 6.68. The van der Waals surface area contributed by atoms with E-state index in [0.717, 1.165) is 48.6 Å². The van der Waals surface area contributed by atoms with Crippen LogP contribution in [0, 0.1) is 12.8 Å². The normalized spacial score (nSPS) is 23.2. The van der Waals surface area contributed by atoms with E-state index >= 15 is 0 Å². The van der Waals surface area contributed by atoms with Crippen LogP contribution in [0.4, 0.5) is 0 Å². The molecule has 18 heavy (non-hydrogen) atoms. The summed E-state index contributed by atoms with van der Waals surface area (Å²) in [5.74, 6) is 1.77. The van der Waals surface area contributed by atoms with Gasteiger partial charge in [0.2, 0.25) is 0 Å². The van der Waals surface area contributed by atoms with Crippen LogP contribution in [0.1, 0.15) is 31.3 Å². The molecule has 3 rings (SSSR count). The Kier molecular flexibility index (Phi) is 3.04. The van der Waals surface area contributed by atoms with Crippen LogP contribution in [0.25, 0.3) is 11.2 Å². The van der Waals surface area contributed by atoms with E-state index in [1.807, 2.05) is 13.0 Å². The van der Waals surface area contributed by atoms with Crippen LogP contribution in [0.2, 0.25) is 0 Å². The minimum Gasteiger partial charge on any atom is -0.378 e. The highest BCUT2D eigenvalue weighted by Gasteiger charge is 2.30. The van der Waals surface area contributed by atoms with Crippen LogP contribution >= 0.6 is 0 Å². The number of aromatic amines is 1. The molecule has 0 bridgehead atoms. The molecule has 0 aromatic carbocycles. The number of nitrogens with one attached hydrogen (secondary N) is 1. The zero-order valence-corrected chi connectivity index (χ0v) is 10.9. The third kappa shape index (κ3) is 2.25. The van der Waals surface area contributed by atoms with Crippen molar-refractivity contribution in [3.63, 3.8) is 0 Å². The highest BCUT2D eigenvalue weighted by atomic mass is 16.5. The van der Waals surface area contributed by atoms with Crippen LogP contribution < -0.4 is 0 Å². The van der Waals surface area contributed by atoms with Gasteiger partial charge in [0.1, 0.15) is 5.82 Å². The van der Waals surface area contributed by atoms with E-state index in [0.29, 0.717) is 12.0 Å². The van der Waals surface area contributed by atoms with E-state index in [1.54, 1.807) is 0 Å². The summed E-state index contributed by atoms with van der Waals surface area (Å²) < 4.78 is 5.58. The van der Waals surface area contributed by atoms with Crippen LogP contribution in [0.15, 0.2) is 12.1 Å². The molecular formula is C14H19N3O. The van der Waals surface area contributed by atoms with E-state index in [9.17, 15) is 0 Å². The molecule has 0 amide bonds. The molecule has 2 heterocycles. The van der Waals surface area contributed by atoms with Gasteiger partial charge in [0, 0.05) is 18.7 Å². The van der Waals surface area contributed by atoms with Gasteiger partial charge in [-0.2, -0.15) is 0 Å². The second kappa shape index (κ2) is 4.69. The van der Waals surface area contributed by atoms with E-state index < -0.39 is 0 Å². The van der Waals surface area contributed by atoms with Crippen molar-refractivity contribution in [2.24, 2.45) is 5.92 Å². The fourth-order valence-corrected chi connectivity index (χ4v) is 2.62. The van der Waals surface area contributed by atoms with Crippen LogP contribution in [0.3, 0.4) is 0 Å². The molecule has 4 heteroatoms. The lowest BCUT2D eigenvalue weighted by Crippen LogP contribution is -2.32. The average molecular weight is 245 g/mol. The highest BCUT2D eigenvalue weighted by Crippen LogP contribution is 2.32. The van der Waals surface area contributed by atoms with Crippen LogP contribution in [-0.4, -0.2) is 27.7 Å². The molecule has 4 nitrogen and oxygen atoms in total. The second-order valence-electron chi connectivity index (χ2n) is 5.13. The van der Waals surface area contributed by atoms with Crippen molar-refractivity contribution < 1.29 is 4.74 Å². The summed E-state index contributed by atoms with van der Waals surface area (Å²) >= 11 is 0. The minimum absolute atomic E-state index is 0.477. The van der Waals surface area contributed by atoms with Crippen molar-refractivity contribution in [2.45, 2.75) is 39.2 Å². The summed E-state index contributed by atoms with van der Waals surface area (Å²) in [7, 11) is 0. The summed E-state index contributed by atoms with van der Waals surface area (Å²) in [6, 6.07) is 4.07. The fourth-order valence-electron chi connectivity index (χ4n) is 2.62. The third-order valence-electron chi connectivity index (χ3n) is 3.61. The number of fused-ring (bicyclic) bond motifs is 1. The van der Waals surface area contributed by atoms with Gasteiger partial charge in [-0.3, -0.25) is 0 Å². The van der Waals surface area contributed by atoms with Gasteiger partial charge in [0.25, 0.3) is 0 Å². The number of H-pyrrole nitrogens is 1. The van der Waals surface area contributed by atoms with Gasteiger partial charge in [-0.05, 0) is 44.7 Å². The standard InChI is InChI=1S/C14H19N3O/c1-3-18-11-6-10(7-11)8-13-16-12-5-4-9(2)15-14(12)17-13/h4-5,10-11H,3,6-8H2,1-2H3,(H,15,16,17). The van der Waals surface area contributed by atoms with Crippen molar-refractivity contribution in [3.8, 4) is 0 Å². The maximum Gasteiger partial charge on any atom is 0.177 e. The molecule has 1 fully saturated rings. The molecule has 1 aliphatic carbocycles. The van der Waals surface area contributed by atoms with E-state index in [-0.39, 0.29) is 0 Å². The summed E-state index contributed by atoms with van der Waals surface area (Å²) in [4.78, 5) is 12.3. The first kappa shape index (κ1) is 11.7. The summed E-state index contributed by atoms with van der Waals surface area (Å²) in [6.07, 6.45) is 3.82. The Hall–Kier alpha value is -1.42. The number of nitrogens with zero attached hydrogens (tertiary/aromatic N) is 2. The summed E-state index contributed by atoms with van der Waals surface area (Å²) in [5.41, 5.74) is 2.89. The maximum absolute atomic E-state index is 5.58. The molecular weight excluding hydrogens is 226 g/mol. The summed E-state index contributed by atoms with van der Waals surface area (Å²) in [6.45, 7) is 4.87. The first-order chi connectivity index (χ1) is 8.74. The Morgan fingerprint density at radius 3 is 2.94 bits per heavy atom. The topological polar surface area (TPSA) is 50.8 Å². The number of aryl methyl sites for hydroxylation is 1. The highest BCUT2D eigenvalue weighted by molar-refractivity contribution is 5.70. The summed E-state index contributed by atoms with van der Waals surface area (Å²) in [5, 5.41) is 0. The lowest BCUT2D eigenvalue weighted by atomic mass is 9.80. The number of hydrogen-bond acceptors (Lipinski definition) is 3. The molecule has 1 N–H and O–H groups in total. The average Bonchev–Trinajstić information content (AvgIpc) is 2.68. The van der Waals surface area contributed by atoms with E-state index in [2.05, 4.69) is 27.9 Å². The number of imidazole rings is 1. The van der Waals surface area contributed by atoms with Crippen molar-refractivity contribution in [3.05, 3.63) is 23.7 Å². The van der Waals surface area contributed by atoms with Gasteiger partial charge in [0.15, 0.2) is 5.65 Å². The molecule has 0 unspecified atom stereocenters. The number of aromatic nitrogens is 3. The lowest BCUT2D eigenvalue weighted by Gasteiger charge is -2.34. The van der Waals surface area contributed by atoms with Crippen molar-refractivity contribution in [1.82, 2.24) is 15.0 Å². The van der Waals surface area contributed by atoms with Gasteiger partial charge in [-0.1, -0.05) is 0 Å². The largest absolute Gasteiger partial charge is 0.378 e. The van der Waals surface area contributed by atoms with Gasteiger partial charge < -0.3 is 9.72 Å². The molecule has 0 aliphatic heterocycles. The van der Waals surface area contributed by atoms with E-state index in [1.165, 1.54) is 0 Å². The molecule has 0 saturated heterocycles. The number of pyridine rings is 1. The van der Waals surface area contributed by atoms with Crippen LogP contribution in [0.5, 0.6) is 0 Å². The molecule has 2 aromatic heterocycles. The molecule has 0 radical (unpaired) electrons. The Balaban J connectivity index is 1.65. The first-order valence-corrected chi connectivity index (χ1v) is 6.68. The predicted octanol–water partition coefficient (Wildman–Crippen LogP) is 2.62. The second-order valence-corrected chi connectivity index (χ2v) is 5.13. The fraction of sp³-hybridized carbons (Fsp3) is 0.571. The molecule has 96 valence electrons. The minimum atomic E-state index is 0.477. The smallest absolute Gasteiger partial charge is 0.177 e. The number of ether oxygens (including phenoxy) is 1. The van der Waals surface area contributed by atoms with Crippen molar-refractivity contribution >= 4 is 11.2 Å². The predicted molar refractivity (Wildman–Crippen MR) is 70.5 cm³/mol. The van der Waals surface area contributed by atoms with Gasteiger partial charge in [0.05, 0.1) is 11.6 Å². The lowest BCUT2D eigenvalue weighted by molar-refractivity contribution is -0.0244. The zero-order valence-electron chi connectivity index (χ0n) is 10.9. The number of rotatable bonds is 4. The van der Waals surface area contributed by atoms with Crippen LogP contribution in [-0.2, 0) is 11.2 Å². The Morgan fingerprint density at radius 1 is 1.33 bits per heavy atom. The Morgan fingerprint density at radius 2 is 2.17 bits per heavy atom. The van der Waals surface area contributed by atoms with Gasteiger partial charge in [-0.25, -0.2) is 9.97 Å². The monoisotopic (exact) mass is 245 g/mol. The SMILES string of the molecule is CCOC1CC(Cc2nc3nc(C)ccc3[nH]2)C1. The van der Waals surface area contributed by atoms with Crippen molar-refractivity contribution in [1.29, 1.82) is 0 Å². The van der Waals surface area contributed by atoms with Gasteiger partial charge >= 0.3 is 0 Å². The van der Waals surface area contributed by atoms with Crippen molar-refractivity contribution in [2.75, 3.05) is 6.61 Å².